The zero-order valence-corrected chi connectivity index (χ0v) is 26.4. The molecule has 5 aromatic rings. The molecule has 0 bridgehead atoms. The predicted octanol–water partition coefficient (Wildman–Crippen LogP) is 9.21. The molecule has 0 heterocycles. The highest BCUT2D eigenvalue weighted by Gasteiger charge is 2.32. The van der Waals surface area contributed by atoms with Crippen LogP contribution in [0.1, 0.15) is 43.0 Å². The van der Waals surface area contributed by atoms with Crippen LogP contribution in [0.5, 0.6) is 0 Å². The van der Waals surface area contributed by atoms with Crippen molar-refractivity contribution in [3.63, 3.8) is 0 Å². The average molecular weight is 651 g/mol. The molecule has 2 aliphatic rings. The molecule has 0 saturated heterocycles. The first-order chi connectivity index (χ1) is 23.5. The van der Waals surface area contributed by atoms with Gasteiger partial charge in [-0.05, 0) is 87.2 Å². The minimum Gasteiger partial charge on any atom is -0.281 e. The van der Waals surface area contributed by atoms with Crippen molar-refractivity contribution in [3.8, 4) is 46.5 Å². The highest BCUT2D eigenvalue weighted by molar-refractivity contribution is 8.14. The fraction of sp³-hybridized carbons (Fsp3) is 0. The Kier molecular flexibility index (Phi) is 7.82. The molecular weight excluding hydrogens is 633 g/mol. The molecule has 2 aliphatic carbocycles. The van der Waals surface area contributed by atoms with Gasteiger partial charge < -0.3 is 0 Å². The van der Waals surface area contributed by atoms with Gasteiger partial charge in [0.2, 0.25) is 10.2 Å². The number of allylic oxidation sites excluding steroid dienone is 2. The Morgan fingerprint density at radius 2 is 0.792 bits per heavy atom. The van der Waals surface area contributed by atoms with E-state index in [1.807, 2.05) is 97.1 Å². The summed E-state index contributed by atoms with van der Waals surface area (Å²) in [4.78, 5) is 28.9. The lowest BCUT2D eigenvalue weighted by molar-refractivity contribution is 0.108. The fourth-order valence-corrected chi connectivity index (χ4v) is 8.04. The molecule has 48 heavy (non-hydrogen) atoms. The van der Waals surface area contributed by atoms with Gasteiger partial charge in [0.1, 0.15) is 35.4 Å². The van der Waals surface area contributed by atoms with Crippen LogP contribution in [0.25, 0.3) is 33.4 Å². The second kappa shape index (κ2) is 12.4. The van der Waals surface area contributed by atoms with Crippen LogP contribution >= 0.6 is 23.5 Å². The third kappa shape index (κ3) is 4.91. The first-order valence-corrected chi connectivity index (χ1v) is 16.2. The number of carbonyl (C=O) groups excluding carboxylic acids is 2. The number of nitrogens with zero attached hydrogens (tertiary/aromatic N) is 4. The van der Waals surface area contributed by atoms with Crippen LogP contribution in [0, 0.1) is 45.3 Å². The standard InChI is InChI=1S/C40H18N4O2S2/c41-19-23(20-42)35-27-10-1-3-12-29(27)37-31(35)14-6-16-33(37)39(45)47-25-8-5-9-26(18-25)48-40(46)34-17-7-15-32-36(24(21-43)22-44)28-11-2-4-13-30(28)38(32)34/h1-18H. The van der Waals surface area contributed by atoms with Gasteiger partial charge in [0.25, 0.3) is 0 Å². The minimum absolute atomic E-state index is 0.0109. The number of hydrogen-bond acceptors (Lipinski definition) is 8. The normalized spacial score (nSPS) is 11.5. The van der Waals surface area contributed by atoms with Crippen LogP contribution in [0.3, 0.4) is 0 Å². The van der Waals surface area contributed by atoms with Crippen LogP contribution in [0.15, 0.2) is 130 Å². The monoisotopic (exact) mass is 650 g/mol. The zero-order valence-electron chi connectivity index (χ0n) is 24.8. The van der Waals surface area contributed by atoms with Gasteiger partial charge >= 0.3 is 0 Å². The molecule has 8 heteroatoms. The van der Waals surface area contributed by atoms with Crippen molar-refractivity contribution in [2.45, 2.75) is 9.79 Å². The summed E-state index contributed by atoms with van der Waals surface area (Å²) in [7, 11) is 0. The van der Waals surface area contributed by atoms with Gasteiger partial charge in [-0.1, -0.05) is 78.9 Å². The lowest BCUT2D eigenvalue weighted by atomic mass is 9.98. The quantitative estimate of drug-likeness (QED) is 0.136. The third-order valence-electron chi connectivity index (χ3n) is 8.21. The van der Waals surface area contributed by atoms with E-state index in [2.05, 4.69) is 0 Å². The molecule has 5 aromatic carbocycles. The molecule has 0 radical (unpaired) electrons. The summed E-state index contributed by atoms with van der Waals surface area (Å²) in [6.45, 7) is 0. The number of hydrogen-bond donors (Lipinski definition) is 0. The third-order valence-corrected chi connectivity index (χ3v) is 10.0. The van der Waals surface area contributed by atoms with Crippen LogP contribution in [0.4, 0.5) is 0 Å². The molecular formula is C40H18N4O2S2. The molecule has 0 amide bonds. The van der Waals surface area contributed by atoms with E-state index in [0.29, 0.717) is 54.3 Å². The topological polar surface area (TPSA) is 129 Å². The van der Waals surface area contributed by atoms with Gasteiger partial charge in [-0.25, -0.2) is 0 Å². The molecule has 6 nitrogen and oxygen atoms in total. The van der Waals surface area contributed by atoms with E-state index in [0.717, 1.165) is 45.8 Å². The zero-order chi connectivity index (χ0) is 33.4. The molecule has 0 N–H and O–H groups in total. The van der Waals surface area contributed by atoms with Crippen molar-refractivity contribution in [3.05, 3.63) is 154 Å². The SMILES string of the molecule is N#CC(C#N)=C1c2ccccc2-c2c(C(=O)Sc3cccc(SC(=O)c4cccc5c4-c4ccccc4C5=C(C#N)C#N)c3)cccc21. The summed E-state index contributed by atoms with van der Waals surface area (Å²) in [5.74, 6) is 0. The van der Waals surface area contributed by atoms with Crippen molar-refractivity contribution in [1.29, 1.82) is 21.0 Å². The van der Waals surface area contributed by atoms with Crippen molar-refractivity contribution in [1.82, 2.24) is 0 Å². The van der Waals surface area contributed by atoms with E-state index in [1.165, 1.54) is 0 Å². The second-order valence-electron chi connectivity index (χ2n) is 10.7. The van der Waals surface area contributed by atoms with Gasteiger partial charge in [-0.3, -0.25) is 9.59 Å². The van der Waals surface area contributed by atoms with E-state index in [9.17, 15) is 30.6 Å². The Bertz CT molecular complexity index is 2300. The first kappa shape index (κ1) is 30.2. The van der Waals surface area contributed by atoms with Crippen LogP contribution in [-0.2, 0) is 0 Å². The Morgan fingerprint density at radius 1 is 0.438 bits per heavy atom. The van der Waals surface area contributed by atoms with Gasteiger partial charge in [0, 0.05) is 43.2 Å². The highest BCUT2D eigenvalue weighted by atomic mass is 32.2. The first-order valence-electron chi connectivity index (χ1n) is 14.6. The molecule has 222 valence electrons. The number of carbonyl (C=O) groups is 2. The Hall–Kier alpha value is -6.42. The summed E-state index contributed by atoms with van der Waals surface area (Å²) in [6.07, 6.45) is 0. The number of thioether (sulfide) groups is 2. The molecule has 0 unspecified atom stereocenters. The lowest BCUT2D eigenvalue weighted by Gasteiger charge is -2.10. The summed E-state index contributed by atoms with van der Waals surface area (Å²) in [5.41, 5.74) is 7.71. The molecule has 7 rings (SSSR count). The maximum absolute atomic E-state index is 13.8. The van der Waals surface area contributed by atoms with E-state index in [1.54, 1.807) is 36.4 Å². The van der Waals surface area contributed by atoms with Crippen molar-refractivity contribution < 1.29 is 9.59 Å². The van der Waals surface area contributed by atoms with Gasteiger partial charge in [0.15, 0.2) is 0 Å². The number of rotatable bonds is 4. The summed E-state index contributed by atoms with van der Waals surface area (Å²) >= 11 is 2.08. The van der Waals surface area contributed by atoms with E-state index >= 15 is 0 Å². The molecule has 0 spiro atoms. The molecule has 0 saturated carbocycles. The van der Waals surface area contributed by atoms with E-state index in [4.69, 9.17) is 0 Å². The van der Waals surface area contributed by atoms with Crippen molar-refractivity contribution in [2.24, 2.45) is 0 Å². The van der Waals surface area contributed by atoms with Crippen molar-refractivity contribution in [2.75, 3.05) is 0 Å². The smallest absolute Gasteiger partial charge is 0.224 e. The molecule has 0 aliphatic heterocycles. The average Bonchev–Trinajstić information content (AvgIpc) is 3.63. The Morgan fingerprint density at radius 3 is 1.19 bits per heavy atom. The van der Waals surface area contributed by atoms with Gasteiger partial charge in [-0.2, -0.15) is 21.0 Å². The number of fused-ring (bicyclic) bond motifs is 6. The van der Waals surface area contributed by atoms with E-state index in [-0.39, 0.29) is 21.4 Å². The summed E-state index contributed by atoms with van der Waals surface area (Å²) in [5, 5.41) is 38.2. The number of benzene rings is 5. The Balaban J connectivity index is 1.20. The largest absolute Gasteiger partial charge is 0.281 e. The molecule has 0 fully saturated rings. The second-order valence-corrected chi connectivity index (χ2v) is 12.8. The van der Waals surface area contributed by atoms with Crippen LogP contribution in [0.2, 0.25) is 0 Å². The lowest BCUT2D eigenvalue weighted by Crippen LogP contribution is -1.99. The number of nitriles is 4. The fourth-order valence-electron chi connectivity index (χ4n) is 6.31. The van der Waals surface area contributed by atoms with Gasteiger partial charge in [0.05, 0.1) is 0 Å². The van der Waals surface area contributed by atoms with Crippen molar-refractivity contribution >= 4 is 44.9 Å². The van der Waals surface area contributed by atoms with Crippen LogP contribution in [-0.4, -0.2) is 10.2 Å². The molecule has 0 atom stereocenters. The maximum Gasteiger partial charge on any atom is 0.224 e. The van der Waals surface area contributed by atoms with E-state index < -0.39 is 0 Å². The minimum atomic E-state index is -0.213. The van der Waals surface area contributed by atoms with Gasteiger partial charge in [-0.15, -0.1) is 0 Å². The van der Waals surface area contributed by atoms with Crippen LogP contribution < -0.4 is 0 Å². The summed E-state index contributed by atoms with van der Waals surface area (Å²) in [6, 6.07) is 40.7. The summed E-state index contributed by atoms with van der Waals surface area (Å²) < 4.78 is 0. The maximum atomic E-state index is 13.8. The molecule has 0 aromatic heterocycles. The highest BCUT2D eigenvalue weighted by Crippen LogP contribution is 2.49. The Labute approximate surface area is 284 Å². The predicted molar refractivity (Wildman–Crippen MR) is 185 cm³/mol.